The van der Waals surface area contributed by atoms with Crippen molar-refractivity contribution in [2.75, 3.05) is 33.3 Å². The second-order valence-electron chi connectivity index (χ2n) is 5.35. The zero-order valence-electron chi connectivity index (χ0n) is 12.3. The van der Waals surface area contributed by atoms with E-state index in [1.165, 1.54) is 0 Å². The molecule has 1 unspecified atom stereocenters. The van der Waals surface area contributed by atoms with Gasteiger partial charge in [-0.15, -0.1) is 0 Å². The lowest BCUT2D eigenvalue weighted by molar-refractivity contribution is -0.0182. The van der Waals surface area contributed by atoms with Crippen LogP contribution in [0, 0.1) is 0 Å². The van der Waals surface area contributed by atoms with Gasteiger partial charge in [-0.05, 0) is 19.2 Å². The minimum atomic E-state index is 0.257. The van der Waals surface area contributed by atoms with Crippen LogP contribution in [0.15, 0.2) is 36.5 Å². The van der Waals surface area contributed by atoms with Crippen molar-refractivity contribution in [2.24, 2.45) is 0 Å². The molecule has 1 aliphatic heterocycles. The molecule has 1 atom stereocenters. The summed E-state index contributed by atoms with van der Waals surface area (Å²) in [6.45, 7) is 4.34. The summed E-state index contributed by atoms with van der Waals surface area (Å²) >= 11 is 0. The molecule has 1 saturated heterocycles. The number of rotatable bonds is 5. The molecule has 2 aromatic rings. The molecule has 1 aromatic carbocycles. The normalized spacial score (nSPS) is 19.8. The van der Waals surface area contributed by atoms with Gasteiger partial charge in [0.2, 0.25) is 0 Å². The highest BCUT2D eigenvalue weighted by Gasteiger charge is 2.17. The lowest BCUT2D eigenvalue weighted by Crippen LogP contribution is -2.44. The summed E-state index contributed by atoms with van der Waals surface area (Å²) in [4.78, 5) is 3.95. The zero-order valence-corrected chi connectivity index (χ0v) is 12.3. The molecule has 3 rings (SSSR count). The van der Waals surface area contributed by atoms with Crippen LogP contribution >= 0.6 is 0 Å². The lowest BCUT2D eigenvalue weighted by Gasteiger charge is -2.30. The van der Waals surface area contributed by atoms with E-state index in [1.54, 1.807) is 11.0 Å². The van der Waals surface area contributed by atoms with Gasteiger partial charge >= 0.3 is 0 Å². The Labute approximate surface area is 124 Å². The van der Waals surface area contributed by atoms with E-state index in [-0.39, 0.29) is 6.10 Å². The Morgan fingerprint density at radius 3 is 3.00 bits per heavy atom. The predicted molar refractivity (Wildman–Crippen MR) is 80.3 cm³/mol. The molecule has 1 aliphatic rings. The summed E-state index contributed by atoms with van der Waals surface area (Å²) in [7, 11) is 2.13. The molecule has 1 aromatic heterocycles. The first-order valence-electron chi connectivity index (χ1n) is 7.29. The Hall–Kier alpha value is -1.76. The van der Waals surface area contributed by atoms with E-state index in [0.29, 0.717) is 6.54 Å². The van der Waals surface area contributed by atoms with Crippen LogP contribution in [0.2, 0.25) is 0 Å². The third kappa shape index (κ3) is 3.87. The molecule has 0 bridgehead atoms. The SMILES string of the molecule is CN1CCOC(CNCc2cnn(-c3ccccc3)n2)C1. The summed E-state index contributed by atoms with van der Waals surface area (Å²) in [5.74, 6) is 0. The number of benzene rings is 1. The molecule has 2 heterocycles. The average Bonchev–Trinajstić information content (AvgIpc) is 2.97. The predicted octanol–water partition coefficient (Wildman–Crippen LogP) is 0.687. The van der Waals surface area contributed by atoms with Crippen LogP contribution in [0.1, 0.15) is 5.69 Å². The Balaban J connectivity index is 1.49. The Kier molecular flexibility index (Phi) is 4.59. The summed E-state index contributed by atoms with van der Waals surface area (Å²) < 4.78 is 5.72. The van der Waals surface area contributed by atoms with Gasteiger partial charge in [-0.25, -0.2) is 0 Å². The number of hydrogen-bond donors (Lipinski definition) is 1. The Morgan fingerprint density at radius 2 is 2.19 bits per heavy atom. The second-order valence-corrected chi connectivity index (χ2v) is 5.35. The van der Waals surface area contributed by atoms with Crippen molar-refractivity contribution in [3.05, 3.63) is 42.2 Å². The fraction of sp³-hybridized carbons (Fsp3) is 0.467. The standard InChI is InChI=1S/C15H21N5O/c1-19-7-8-21-15(12-19)11-16-9-13-10-17-20(18-13)14-5-3-2-4-6-14/h2-6,10,15-16H,7-9,11-12H2,1H3. The quantitative estimate of drug-likeness (QED) is 0.877. The van der Waals surface area contributed by atoms with Crippen molar-refractivity contribution in [2.45, 2.75) is 12.6 Å². The average molecular weight is 287 g/mol. The molecule has 1 fully saturated rings. The van der Waals surface area contributed by atoms with Crippen molar-refractivity contribution in [1.29, 1.82) is 0 Å². The maximum Gasteiger partial charge on any atom is 0.0969 e. The van der Waals surface area contributed by atoms with Crippen molar-refractivity contribution in [3.8, 4) is 5.69 Å². The lowest BCUT2D eigenvalue weighted by atomic mass is 10.3. The number of aromatic nitrogens is 3. The molecule has 6 heteroatoms. The number of para-hydroxylation sites is 1. The highest BCUT2D eigenvalue weighted by atomic mass is 16.5. The molecule has 112 valence electrons. The van der Waals surface area contributed by atoms with Crippen LogP contribution in [0.25, 0.3) is 5.69 Å². The minimum Gasteiger partial charge on any atom is -0.374 e. The number of morpholine rings is 1. The molecule has 0 spiro atoms. The highest BCUT2D eigenvalue weighted by Crippen LogP contribution is 2.05. The van der Waals surface area contributed by atoms with Gasteiger partial charge in [0.05, 0.1) is 30.3 Å². The number of nitrogens with zero attached hydrogens (tertiary/aromatic N) is 4. The fourth-order valence-corrected chi connectivity index (χ4v) is 2.41. The summed E-state index contributed by atoms with van der Waals surface area (Å²) in [6.07, 6.45) is 2.06. The monoisotopic (exact) mass is 287 g/mol. The molecule has 21 heavy (non-hydrogen) atoms. The van der Waals surface area contributed by atoms with Crippen molar-refractivity contribution < 1.29 is 4.74 Å². The van der Waals surface area contributed by atoms with Gasteiger partial charge in [0.15, 0.2) is 0 Å². The van der Waals surface area contributed by atoms with E-state index in [0.717, 1.165) is 37.6 Å². The van der Waals surface area contributed by atoms with Gasteiger partial charge in [-0.2, -0.15) is 15.0 Å². The van der Waals surface area contributed by atoms with E-state index >= 15 is 0 Å². The topological polar surface area (TPSA) is 55.2 Å². The molecular weight excluding hydrogens is 266 g/mol. The minimum absolute atomic E-state index is 0.257. The van der Waals surface area contributed by atoms with Crippen LogP contribution in [-0.4, -0.2) is 59.3 Å². The number of nitrogens with one attached hydrogen (secondary N) is 1. The zero-order chi connectivity index (χ0) is 14.5. The van der Waals surface area contributed by atoms with Gasteiger partial charge in [-0.1, -0.05) is 18.2 Å². The van der Waals surface area contributed by atoms with Gasteiger partial charge in [0, 0.05) is 26.2 Å². The van der Waals surface area contributed by atoms with E-state index < -0.39 is 0 Å². The molecule has 1 N–H and O–H groups in total. The van der Waals surface area contributed by atoms with Crippen LogP contribution in [0.3, 0.4) is 0 Å². The van der Waals surface area contributed by atoms with Crippen LogP contribution < -0.4 is 5.32 Å². The van der Waals surface area contributed by atoms with Crippen LogP contribution in [-0.2, 0) is 11.3 Å². The molecule has 0 aliphatic carbocycles. The largest absolute Gasteiger partial charge is 0.374 e. The van der Waals surface area contributed by atoms with Gasteiger partial charge < -0.3 is 15.0 Å². The maximum atomic E-state index is 5.72. The smallest absolute Gasteiger partial charge is 0.0969 e. The first-order chi connectivity index (χ1) is 10.3. The third-order valence-electron chi connectivity index (χ3n) is 3.55. The number of hydrogen-bond acceptors (Lipinski definition) is 5. The Bertz CT molecular complexity index is 556. The maximum absolute atomic E-state index is 5.72. The summed E-state index contributed by atoms with van der Waals surface area (Å²) in [6, 6.07) is 9.92. The molecular formula is C15H21N5O. The summed E-state index contributed by atoms with van der Waals surface area (Å²) in [5, 5.41) is 12.1. The fourth-order valence-electron chi connectivity index (χ4n) is 2.41. The van der Waals surface area contributed by atoms with E-state index in [4.69, 9.17) is 4.74 Å². The van der Waals surface area contributed by atoms with Crippen molar-refractivity contribution in [1.82, 2.24) is 25.2 Å². The molecule has 0 radical (unpaired) electrons. The highest BCUT2D eigenvalue weighted by molar-refractivity contribution is 5.28. The van der Waals surface area contributed by atoms with Gasteiger partial charge in [-0.3, -0.25) is 0 Å². The first-order valence-corrected chi connectivity index (χ1v) is 7.29. The van der Waals surface area contributed by atoms with E-state index in [2.05, 4.69) is 27.5 Å². The summed E-state index contributed by atoms with van der Waals surface area (Å²) in [5.41, 5.74) is 1.91. The number of likely N-dealkylation sites (N-methyl/N-ethyl adjacent to an activating group) is 1. The molecule has 6 nitrogen and oxygen atoms in total. The molecule has 0 saturated carbocycles. The van der Waals surface area contributed by atoms with E-state index in [9.17, 15) is 0 Å². The third-order valence-corrected chi connectivity index (χ3v) is 3.55. The number of ether oxygens (including phenoxy) is 1. The van der Waals surface area contributed by atoms with Gasteiger partial charge in [0.25, 0.3) is 0 Å². The van der Waals surface area contributed by atoms with Gasteiger partial charge in [0.1, 0.15) is 0 Å². The van der Waals surface area contributed by atoms with Crippen molar-refractivity contribution in [3.63, 3.8) is 0 Å². The second kappa shape index (κ2) is 6.80. The van der Waals surface area contributed by atoms with Crippen LogP contribution in [0.5, 0.6) is 0 Å². The van der Waals surface area contributed by atoms with Crippen LogP contribution in [0.4, 0.5) is 0 Å². The van der Waals surface area contributed by atoms with E-state index in [1.807, 2.05) is 30.3 Å². The Morgan fingerprint density at radius 1 is 1.33 bits per heavy atom. The first kappa shape index (κ1) is 14.2. The molecule has 0 amide bonds. The van der Waals surface area contributed by atoms with Crippen molar-refractivity contribution >= 4 is 0 Å².